The Bertz CT molecular complexity index is 813. The Morgan fingerprint density at radius 3 is 2.22 bits per heavy atom. The van der Waals surface area contributed by atoms with Crippen LogP contribution in [0.2, 0.25) is 0 Å². The summed E-state index contributed by atoms with van der Waals surface area (Å²) in [5, 5.41) is 0. The molecule has 1 aliphatic carbocycles. The summed E-state index contributed by atoms with van der Waals surface area (Å²) in [5.74, 6) is 0.826. The summed E-state index contributed by atoms with van der Waals surface area (Å²) < 4.78 is 0. The van der Waals surface area contributed by atoms with Gasteiger partial charge in [-0.25, -0.2) is 4.98 Å². The van der Waals surface area contributed by atoms with E-state index in [0.717, 1.165) is 24.6 Å². The van der Waals surface area contributed by atoms with Gasteiger partial charge >= 0.3 is 0 Å². The number of nitrogens with zero attached hydrogens (tertiary/aromatic N) is 4. The maximum atomic E-state index is 13.1. The van der Waals surface area contributed by atoms with Gasteiger partial charge in [0.25, 0.3) is 0 Å². The summed E-state index contributed by atoms with van der Waals surface area (Å²) in [4.78, 5) is 36.2. The highest BCUT2D eigenvalue weighted by Crippen LogP contribution is 2.49. The molecule has 2 amide bonds. The van der Waals surface area contributed by atoms with Crippen LogP contribution in [-0.4, -0.2) is 54.9 Å². The molecule has 0 radical (unpaired) electrons. The Kier molecular flexibility index (Phi) is 4.56. The number of amides is 2. The van der Waals surface area contributed by atoms with Crippen molar-refractivity contribution >= 4 is 23.3 Å². The van der Waals surface area contributed by atoms with E-state index >= 15 is 0 Å². The van der Waals surface area contributed by atoms with Crippen LogP contribution in [0.4, 0.5) is 11.5 Å². The molecule has 140 valence electrons. The van der Waals surface area contributed by atoms with E-state index in [1.165, 1.54) is 0 Å². The van der Waals surface area contributed by atoms with Gasteiger partial charge in [-0.3, -0.25) is 9.59 Å². The van der Waals surface area contributed by atoms with Crippen LogP contribution in [0, 0.1) is 5.41 Å². The van der Waals surface area contributed by atoms with Crippen molar-refractivity contribution in [1.82, 2.24) is 9.88 Å². The quantitative estimate of drug-likeness (QED) is 0.781. The van der Waals surface area contributed by atoms with E-state index in [-0.39, 0.29) is 11.8 Å². The van der Waals surface area contributed by atoms with E-state index in [1.54, 1.807) is 18.1 Å². The van der Waals surface area contributed by atoms with Gasteiger partial charge in [0.2, 0.25) is 11.8 Å². The van der Waals surface area contributed by atoms with Crippen LogP contribution in [-0.2, 0) is 9.59 Å². The van der Waals surface area contributed by atoms with E-state index in [0.29, 0.717) is 25.9 Å². The zero-order valence-corrected chi connectivity index (χ0v) is 15.5. The van der Waals surface area contributed by atoms with Gasteiger partial charge in [0.1, 0.15) is 11.2 Å². The highest BCUT2D eigenvalue weighted by molar-refractivity contribution is 6.13. The number of hydrogen-bond donors (Lipinski definition) is 0. The fraction of sp³-hybridized carbons (Fsp3) is 0.381. The van der Waals surface area contributed by atoms with Crippen LogP contribution in [0.3, 0.4) is 0 Å². The standard InChI is InChI=1S/C21H24N4O2/c1-23(17-7-3-2-4-8-17)19(26)21(10-11-21)20(27)25-15-13-24(14-16-25)18-9-5-6-12-22-18/h2-9,12H,10-11,13-16H2,1H3. The summed E-state index contributed by atoms with van der Waals surface area (Å²) >= 11 is 0. The number of rotatable bonds is 4. The van der Waals surface area contributed by atoms with Gasteiger partial charge in [-0.05, 0) is 37.1 Å². The molecule has 1 saturated heterocycles. The van der Waals surface area contributed by atoms with Crippen LogP contribution >= 0.6 is 0 Å². The van der Waals surface area contributed by atoms with Gasteiger partial charge in [-0.1, -0.05) is 24.3 Å². The molecular weight excluding hydrogens is 340 g/mol. The molecule has 27 heavy (non-hydrogen) atoms. The smallest absolute Gasteiger partial charge is 0.242 e. The lowest BCUT2D eigenvalue weighted by atomic mass is 10.0. The number of carbonyl (C=O) groups excluding carboxylic acids is 2. The van der Waals surface area contributed by atoms with Crippen molar-refractivity contribution in [3.05, 3.63) is 54.7 Å². The van der Waals surface area contributed by atoms with Crippen molar-refractivity contribution in [1.29, 1.82) is 0 Å². The van der Waals surface area contributed by atoms with Crippen molar-refractivity contribution < 1.29 is 9.59 Å². The van der Waals surface area contributed by atoms with Crippen molar-refractivity contribution in [3.63, 3.8) is 0 Å². The minimum absolute atomic E-state index is 0.0176. The molecule has 1 saturated carbocycles. The molecule has 2 heterocycles. The first-order chi connectivity index (χ1) is 13.1. The van der Waals surface area contributed by atoms with Gasteiger partial charge in [0.05, 0.1) is 0 Å². The number of para-hydroxylation sites is 1. The van der Waals surface area contributed by atoms with Crippen LogP contribution < -0.4 is 9.80 Å². The molecule has 1 aromatic carbocycles. The van der Waals surface area contributed by atoms with Crippen LogP contribution in [0.1, 0.15) is 12.8 Å². The number of pyridine rings is 1. The fourth-order valence-corrected chi connectivity index (χ4v) is 3.72. The van der Waals surface area contributed by atoms with Crippen molar-refractivity contribution in [3.8, 4) is 0 Å². The van der Waals surface area contributed by atoms with Gasteiger partial charge in [0, 0.05) is 45.1 Å². The highest BCUT2D eigenvalue weighted by Gasteiger charge is 2.59. The molecule has 2 aromatic rings. The first-order valence-corrected chi connectivity index (χ1v) is 9.40. The lowest BCUT2D eigenvalue weighted by molar-refractivity contribution is -0.143. The van der Waals surface area contributed by atoms with Crippen LogP contribution in [0.15, 0.2) is 54.7 Å². The van der Waals surface area contributed by atoms with E-state index in [9.17, 15) is 9.59 Å². The fourth-order valence-electron chi connectivity index (χ4n) is 3.72. The Balaban J connectivity index is 1.42. The number of hydrogen-bond acceptors (Lipinski definition) is 4. The number of aromatic nitrogens is 1. The maximum absolute atomic E-state index is 13.1. The minimum atomic E-state index is -0.863. The average Bonchev–Trinajstić information content (AvgIpc) is 3.55. The Morgan fingerprint density at radius 1 is 0.963 bits per heavy atom. The molecule has 1 aromatic heterocycles. The lowest BCUT2D eigenvalue weighted by Gasteiger charge is -2.37. The van der Waals surface area contributed by atoms with E-state index < -0.39 is 5.41 Å². The molecule has 2 aliphatic rings. The Labute approximate surface area is 159 Å². The largest absolute Gasteiger partial charge is 0.353 e. The molecule has 0 N–H and O–H groups in total. The molecule has 0 unspecified atom stereocenters. The maximum Gasteiger partial charge on any atom is 0.242 e. The highest BCUT2D eigenvalue weighted by atomic mass is 16.2. The van der Waals surface area contributed by atoms with Gasteiger partial charge in [-0.15, -0.1) is 0 Å². The number of benzene rings is 1. The second-order valence-corrected chi connectivity index (χ2v) is 7.25. The normalized spacial score (nSPS) is 18.1. The first-order valence-electron chi connectivity index (χ1n) is 9.40. The topological polar surface area (TPSA) is 56.8 Å². The van der Waals surface area contributed by atoms with Gasteiger partial charge in [-0.2, -0.15) is 0 Å². The number of anilines is 2. The first kappa shape index (κ1) is 17.5. The van der Waals surface area contributed by atoms with E-state index in [4.69, 9.17) is 0 Å². The summed E-state index contributed by atoms with van der Waals surface area (Å²) in [7, 11) is 1.75. The molecule has 2 fully saturated rings. The number of piperazine rings is 1. The van der Waals surface area contributed by atoms with Crippen molar-refractivity contribution in [2.45, 2.75) is 12.8 Å². The SMILES string of the molecule is CN(C(=O)C1(C(=O)N2CCN(c3ccccn3)CC2)CC1)c1ccccc1. The third-order valence-corrected chi connectivity index (χ3v) is 5.56. The van der Waals surface area contributed by atoms with E-state index in [2.05, 4.69) is 9.88 Å². The van der Waals surface area contributed by atoms with Gasteiger partial charge in [0.15, 0.2) is 0 Å². The second kappa shape index (κ2) is 7.02. The number of carbonyl (C=O) groups is 2. The predicted octanol–water partition coefficient (Wildman–Crippen LogP) is 2.17. The van der Waals surface area contributed by atoms with Crippen LogP contribution in [0.25, 0.3) is 0 Å². The van der Waals surface area contributed by atoms with Crippen molar-refractivity contribution in [2.24, 2.45) is 5.41 Å². The van der Waals surface area contributed by atoms with Gasteiger partial charge < -0.3 is 14.7 Å². The molecule has 1 aliphatic heterocycles. The minimum Gasteiger partial charge on any atom is -0.353 e. The molecule has 6 heteroatoms. The summed E-state index contributed by atoms with van der Waals surface area (Å²) in [6.07, 6.45) is 3.06. The Morgan fingerprint density at radius 2 is 1.63 bits per heavy atom. The lowest BCUT2D eigenvalue weighted by Crippen LogP contribution is -2.53. The summed E-state index contributed by atoms with van der Waals surface area (Å²) in [5.41, 5.74) is -0.0425. The zero-order valence-electron chi connectivity index (χ0n) is 15.5. The zero-order chi connectivity index (χ0) is 18.9. The van der Waals surface area contributed by atoms with Crippen LogP contribution in [0.5, 0.6) is 0 Å². The molecule has 4 rings (SSSR count). The molecule has 0 atom stereocenters. The average molecular weight is 364 g/mol. The monoisotopic (exact) mass is 364 g/mol. The van der Waals surface area contributed by atoms with Crippen molar-refractivity contribution in [2.75, 3.05) is 43.0 Å². The Hall–Kier alpha value is -2.89. The molecule has 6 nitrogen and oxygen atoms in total. The predicted molar refractivity (Wildman–Crippen MR) is 105 cm³/mol. The third kappa shape index (κ3) is 3.27. The molecular formula is C21H24N4O2. The summed E-state index contributed by atoms with van der Waals surface area (Å²) in [6.45, 7) is 2.72. The second-order valence-electron chi connectivity index (χ2n) is 7.25. The van der Waals surface area contributed by atoms with E-state index in [1.807, 2.05) is 53.4 Å². The molecule has 0 bridgehead atoms. The molecule has 0 spiro atoms. The third-order valence-electron chi connectivity index (χ3n) is 5.56. The summed E-state index contributed by atoms with van der Waals surface area (Å²) in [6, 6.07) is 15.4.